The van der Waals surface area contributed by atoms with Crippen molar-refractivity contribution >= 4 is 17.4 Å². The van der Waals surface area contributed by atoms with E-state index in [-0.39, 0.29) is 16.3 Å². The fourth-order valence-corrected chi connectivity index (χ4v) is 1.74. The number of unbranched alkanes of at least 4 members (excludes halogenated alkanes) is 1. The molecule has 0 radical (unpaired) electrons. The van der Waals surface area contributed by atoms with Crippen molar-refractivity contribution in [2.45, 2.75) is 39.7 Å². The van der Waals surface area contributed by atoms with Crippen LogP contribution in [-0.2, 0) is 6.54 Å². The average molecular weight is 271 g/mol. The van der Waals surface area contributed by atoms with Crippen molar-refractivity contribution in [1.82, 2.24) is 9.78 Å². The second kappa shape index (κ2) is 5.83. The maximum absolute atomic E-state index is 10.5. The first-order valence-corrected chi connectivity index (χ1v) is 6.02. The topological polar surface area (TPSA) is 84.8 Å². The zero-order valence-corrected chi connectivity index (χ0v) is 11.1. The van der Waals surface area contributed by atoms with Gasteiger partial charge in [0.2, 0.25) is 0 Å². The second-order valence-corrected chi connectivity index (χ2v) is 5.18. The van der Waals surface area contributed by atoms with Crippen molar-refractivity contribution in [3.63, 3.8) is 0 Å². The van der Waals surface area contributed by atoms with Gasteiger partial charge in [0.05, 0.1) is 29.3 Å². The van der Waals surface area contributed by atoms with Crippen LogP contribution in [0.2, 0.25) is 5.02 Å². The van der Waals surface area contributed by atoms with Gasteiger partial charge in [-0.3, -0.25) is 0 Å². The number of rotatable bonds is 6. The second-order valence-electron chi connectivity index (χ2n) is 4.77. The van der Waals surface area contributed by atoms with Gasteiger partial charge in [0.1, 0.15) is 0 Å². The Balaban J connectivity index is 2.44. The van der Waals surface area contributed by atoms with Gasteiger partial charge < -0.3 is 10.1 Å². The molecule has 1 heterocycles. The van der Waals surface area contributed by atoms with Gasteiger partial charge in [-0.1, -0.05) is 11.6 Å². The molecule has 1 aromatic heterocycles. The average Bonchev–Trinajstić information content (AvgIpc) is 2.66. The predicted octanol–water partition coefficient (Wildman–Crippen LogP) is 3.16. The van der Waals surface area contributed by atoms with Gasteiger partial charge in [-0.15, -0.1) is 0 Å². The Bertz CT molecular complexity index is 476. The van der Waals surface area contributed by atoms with Gasteiger partial charge in [-0.25, -0.2) is 0 Å². The van der Waals surface area contributed by atoms with Crippen molar-refractivity contribution < 1.29 is 4.92 Å². The summed E-state index contributed by atoms with van der Waals surface area (Å²) < 4.78 is 1.47. The molecular weight excluding hydrogens is 256 g/mol. The molecule has 0 saturated heterocycles. The third-order valence-corrected chi connectivity index (χ3v) is 2.88. The van der Waals surface area contributed by atoms with Crippen LogP contribution in [0.4, 0.5) is 5.82 Å². The Kier molecular flexibility index (Phi) is 4.68. The van der Waals surface area contributed by atoms with Crippen LogP contribution in [0.3, 0.4) is 0 Å². The molecule has 0 saturated carbocycles. The maximum atomic E-state index is 10.5. The summed E-state index contributed by atoms with van der Waals surface area (Å²) in [6, 6.07) is 2.24. The van der Waals surface area contributed by atoms with Crippen molar-refractivity contribution in [3.8, 4) is 6.07 Å². The van der Waals surface area contributed by atoms with Gasteiger partial charge in [-0.05, 0) is 38.0 Å². The lowest BCUT2D eigenvalue weighted by Crippen LogP contribution is -2.08. The SMILES string of the molecule is CC(C)(C#N)CCCCn1cc(Cl)c([N+](=O)[O-])n1. The molecule has 0 atom stereocenters. The molecule has 18 heavy (non-hydrogen) atoms. The summed E-state index contributed by atoms with van der Waals surface area (Å²) >= 11 is 5.68. The minimum absolute atomic E-state index is 0.0531. The van der Waals surface area contributed by atoms with Crippen molar-refractivity contribution in [2.24, 2.45) is 5.41 Å². The van der Waals surface area contributed by atoms with Gasteiger partial charge >= 0.3 is 5.82 Å². The van der Waals surface area contributed by atoms with Gasteiger partial charge in [0, 0.05) is 0 Å². The molecule has 98 valence electrons. The minimum Gasteiger partial charge on any atom is -0.358 e. The number of aryl methyl sites for hydroxylation is 1. The molecule has 0 aromatic carbocycles. The van der Waals surface area contributed by atoms with Crippen molar-refractivity contribution in [3.05, 3.63) is 21.3 Å². The molecule has 7 heteroatoms. The molecule has 0 unspecified atom stereocenters. The van der Waals surface area contributed by atoms with Crippen LogP contribution >= 0.6 is 11.6 Å². The molecule has 0 aliphatic rings. The van der Waals surface area contributed by atoms with E-state index in [0.29, 0.717) is 6.54 Å². The van der Waals surface area contributed by atoms with Crippen LogP contribution in [0, 0.1) is 26.9 Å². The number of hydrogen-bond donors (Lipinski definition) is 0. The van der Waals surface area contributed by atoms with Gasteiger partial charge in [0.15, 0.2) is 5.02 Å². The van der Waals surface area contributed by atoms with E-state index in [1.807, 2.05) is 13.8 Å². The zero-order chi connectivity index (χ0) is 13.8. The van der Waals surface area contributed by atoms with E-state index in [2.05, 4.69) is 11.2 Å². The highest BCUT2D eigenvalue weighted by molar-refractivity contribution is 6.32. The number of nitriles is 1. The van der Waals surface area contributed by atoms with E-state index in [1.165, 1.54) is 10.9 Å². The third kappa shape index (κ3) is 4.00. The van der Waals surface area contributed by atoms with E-state index in [9.17, 15) is 10.1 Å². The molecule has 0 aliphatic heterocycles. The molecular formula is C11H15ClN4O2. The largest absolute Gasteiger partial charge is 0.408 e. The number of nitro groups is 1. The van der Waals surface area contributed by atoms with Crippen LogP contribution in [0.1, 0.15) is 33.1 Å². The first-order valence-electron chi connectivity index (χ1n) is 5.64. The Hall–Kier alpha value is -1.61. The monoisotopic (exact) mass is 270 g/mol. The normalized spacial score (nSPS) is 11.2. The fraction of sp³-hybridized carbons (Fsp3) is 0.636. The number of nitrogens with zero attached hydrogens (tertiary/aromatic N) is 4. The quantitative estimate of drug-likeness (QED) is 0.451. The summed E-state index contributed by atoms with van der Waals surface area (Å²) in [6.45, 7) is 4.35. The molecule has 0 bridgehead atoms. The van der Waals surface area contributed by atoms with E-state index >= 15 is 0 Å². The van der Waals surface area contributed by atoms with Gasteiger partial charge in [-0.2, -0.15) is 9.94 Å². The van der Waals surface area contributed by atoms with E-state index < -0.39 is 4.92 Å². The molecule has 1 rings (SSSR count). The fourth-order valence-electron chi connectivity index (χ4n) is 1.52. The predicted molar refractivity (Wildman–Crippen MR) is 67.1 cm³/mol. The number of aromatic nitrogens is 2. The zero-order valence-electron chi connectivity index (χ0n) is 10.4. The Morgan fingerprint density at radius 3 is 2.78 bits per heavy atom. The summed E-state index contributed by atoms with van der Waals surface area (Å²) in [5.41, 5.74) is -0.326. The smallest absolute Gasteiger partial charge is 0.358 e. The van der Waals surface area contributed by atoms with Crippen LogP contribution < -0.4 is 0 Å². The highest BCUT2D eigenvalue weighted by atomic mass is 35.5. The first-order chi connectivity index (χ1) is 8.35. The van der Waals surface area contributed by atoms with Gasteiger partial charge in [0.25, 0.3) is 0 Å². The Labute approximate surface area is 110 Å². The Morgan fingerprint density at radius 1 is 1.61 bits per heavy atom. The van der Waals surface area contributed by atoms with Crippen LogP contribution in [0.15, 0.2) is 6.20 Å². The molecule has 0 fully saturated rings. The summed E-state index contributed by atoms with van der Waals surface area (Å²) in [5.74, 6) is -0.311. The molecule has 0 aliphatic carbocycles. The summed E-state index contributed by atoms with van der Waals surface area (Å²) in [6.07, 6.45) is 3.92. The summed E-state index contributed by atoms with van der Waals surface area (Å²) in [4.78, 5) is 9.95. The maximum Gasteiger partial charge on any atom is 0.408 e. The Morgan fingerprint density at radius 2 is 2.28 bits per heavy atom. The van der Waals surface area contributed by atoms with E-state index in [4.69, 9.17) is 16.9 Å². The van der Waals surface area contributed by atoms with Crippen molar-refractivity contribution in [2.75, 3.05) is 0 Å². The lowest BCUT2D eigenvalue weighted by Gasteiger charge is -2.13. The van der Waals surface area contributed by atoms with E-state index in [1.54, 1.807) is 0 Å². The molecule has 0 N–H and O–H groups in total. The standard InChI is InChI=1S/C11H15ClN4O2/c1-11(2,8-13)5-3-4-6-15-7-9(12)10(14-15)16(17)18/h7H,3-6H2,1-2H3. The number of halogens is 1. The van der Waals surface area contributed by atoms with Crippen molar-refractivity contribution in [1.29, 1.82) is 5.26 Å². The lowest BCUT2D eigenvalue weighted by molar-refractivity contribution is -0.389. The first kappa shape index (κ1) is 14.5. The van der Waals surface area contributed by atoms with Crippen LogP contribution in [-0.4, -0.2) is 14.7 Å². The summed E-state index contributed by atoms with van der Waals surface area (Å²) in [5, 5.41) is 23.2. The lowest BCUT2D eigenvalue weighted by atomic mass is 9.89. The minimum atomic E-state index is -0.600. The highest BCUT2D eigenvalue weighted by Crippen LogP contribution is 2.23. The van der Waals surface area contributed by atoms with E-state index in [0.717, 1.165) is 19.3 Å². The van der Waals surface area contributed by atoms with Crippen LogP contribution in [0.5, 0.6) is 0 Å². The van der Waals surface area contributed by atoms with Crippen LogP contribution in [0.25, 0.3) is 0 Å². The molecule has 0 spiro atoms. The highest BCUT2D eigenvalue weighted by Gasteiger charge is 2.19. The summed E-state index contributed by atoms with van der Waals surface area (Å²) in [7, 11) is 0. The number of hydrogen-bond acceptors (Lipinski definition) is 4. The molecule has 0 amide bonds. The molecule has 6 nitrogen and oxygen atoms in total. The molecule has 1 aromatic rings. The third-order valence-electron chi connectivity index (χ3n) is 2.61.